The van der Waals surface area contributed by atoms with Crippen LogP contribution in [-0.4, -0.2) is 44.3 Å². The highest BCUT2D eigenvalue weighted by Crippen LogP contribution is 2.32. The van der Waals surface area contributed by atoms with Gasteiger partial charge in [-0.3, -0.25) is 9.69 Å². The van der Waals surface area contributed by atoms with Gasteiger partial charge in [0.05, 0.1) is 6.54 Å². The molecule has 0 aliphatic carbocycles. The second-order valence-corrected chi connectivity index (χ2v) is 7.32. The number of nitrogens with one attached hydrogen (secondary N) is 1. The van der Waals surface area contributed by atoms with Gasteiger partial charge in [-0.05, 0) is 55.6 Å². The first-order valence-electron chi connectivity index (χ1n) is 9.68. The van der Waals surface area contributed by atoms with Crippen LogP contribution in [0.5, 0.6) is 11.5 Å². The van der Waals surface area contributed by atoms with Crippen molar-refractivity contribution in [1.29, 1.82) is 0 Å². The number of hydrogen-bond acceptors (Lipinski definition) is 6. The number of fused-ring (bicyclic) bond motifs is 1. The van der Waals surface area contributed by atoms with Crippen molar-refractivity contribution in [3.8, 4) is 11.5 Å². The number of likely N-dealkylation sites (tertiary alicyclic amines) is 1. The van der Waals surface area contributed by atoms with E-state index in [-0.39, 0.29) is 12.7 Å². The van der Waals surface area contributed by atoms with Crippen molar-refractivity contribution in [1.82, 2.24) is 10.2 Å². The maximum Gasteiger partial charge on any atom is 0.251 e. The third-order valence-electron chi connectivity index (χ3n) is 5.17. The Hall–Kier alpha value is -2.51. The molecular formula is C21H26N2O5. The number of benzene rings is 1. The van der Waals surface area contributed by atoms with Crippen molar-refractivity contribution in [2.24, 2.45) is 5.92 Å². The van der Waals surface area contributed by atoms with Crippen molar-refractivity contribution in [3.63, 3.8) is 0 Å². The molecule has 0 spiro atoms. The molecule has 0 unspecified atom stereocenters. The fraction of sp³-hybridized carbons (Fsp3) is 0.476. The minimum Gasteiger partial charge on any atom is -0.462 e. The molecule has 150 valence electrons. The van der Waals surface area contributed by atoms with Crippen LogP contribution in [0.3, 0.4) is 0 Å². The zero-order chi connectivity index (χ0) is 19.3. The van der Waals surface area contributed by atoms with E-state index in [1.54, 1.807) is 25.3 Å². The summed E-state index contributed by atoms with van der Waals surface area (Å²) < 4.78 is 21.5. The Kier molecular flexibility index (Phi) is 5.83. The van der Waals surface area contributed by atoms with Crippen LogP contribution in [0.4, 0.5) is 0 Å². The zero-order valence-electron chi connectivity index (χ0n) is 16.1. The largest absolute Gasteiger partial charge is 0.462 e. The van der Waals surface area contributed by atoms with E-state index in [0.29, 0.717) is 36.1 Å². The second kappa shape index (κ2) is 8.67. The van der Waals surface area contributed by atoms with Gasteiger partial charge in [0, 0.05) is 25.8 Å². The number of piperidine rings is 1. The lowest BCUT2D eigenvalue weighted by molar-refractivity contribution is 0.0927. The summed E-state index contributed by atoms with van der Waals surface area (Å²) in [6.07, 6.45) is 2.24. The monoisotopic (exact) mass is 386 g/mol. The molecule has 1 aromatic carbocycles. The highest BCUT2D eigenvalue weighted by molar-refractivity contribution is 5.94. The van der Waals surface area contributed by atoms with Crippen molar-refractivity contribution < 1.29 is 23.4 Å². The number of rotatable bonds is 7. The van der Waals surface area contributed by atoms with E-state index >= 15 is 0 Å². The smallest absolute Gasteiger partial charge is 0.251 e. The minimum absolute atomic E-state index is 0.0781. The fourth-order valence-electron chi connectivity index (χ4n) is 3.79. The molecule has 0 saturated carbocycles. The van der Waals surface area contributed by atoms with Gasteiger partial charge in [0.25, 0.3) is 5.91 Å². The molecule has 7 heteroatoms. The summed E-state index contributed by atoms with van der Waals surface area (Å²) in [6, 6.07) is 9.26. The van der Waals surface area contributed by atoms with Crippen LogP contribution in [0, 0.1) is 5.92 Å². The summed E-state index contributed by atoms with van der Waals surface area (Å²) in [6.45, 7) is 4.15. The molecule has 2 aromatic rings. The van der Waals surface area contributed by atoms with Crippen molar-refractivity contribution in [2.75, 3.05) is 33.5 Å². The lowest BCUT2D eigenvalue weighted by atomic mass is 9.97. The molecule has 1 amide bonds. The minimum atomic E-state index is -0.0781. The molecule has 1 atom stereocenters. The van der Waals surface area contributed by atoms with Gasteiger partial charge in [0.15, 0.2) is 11.5 Å². The van der Waals surface area contributed by atoms with Crippen LogP contribution < -0.4 is 14.8 Å². The number of carbonyl (C=O) groups excluding carboxylic acids is 1. The van der Waals surface area contributed by atoms with Crippen LogP contribution in [0.15, 0.2) is 34.7 Å². The Morgan fingerprint density at radius 2 is 2.07 bits per heavy atom. The summed E-state index contributed by atoms with van der Waals surface area (Å²) in [5.74, 6) is 3.47. The molecule has 1 N–H and O–H groups in total. The Morgan fingerprint density at radius 1 is 1.21 bits per heavy atom. The first-order valence-corrected chi connectivity index (χ1v) is 9.68. The fourth-order valence-corrected chi connectivity index (χ4v) is 3.79. The maximum absolute atomic E-state index is 12.5. The van der Waals surface area contributed by atoms with Crippen LogP contribution in [0.1, 0.15) is 34.7 Å². The number of carbonyl (C=O) groups is 1. The average Bonchev–Trinajstić information content (AvgIpc) is 3.35. The predicted octanol–water partition coefficient (Wildman–Crippen LogP) is 2.80. The molecule has 2 aliphatic rings. The zero-order valence-corrected chi connectivity index (χ0v) is 16.1. The van der Waals surface area contributed by atoms with E-state index < -0.39 is 0 Å². The number of furan rings is 1. The third kappa shape index (κ3) is 4.48. The topological polar surface area (TPSA) is 73.2 Å². The van der Waals surface area contributed by atoms with Gasteiger partial charge in [0.1, 0.15) is 18.1 Å². The van der Waals surface area contributed by atoms with E-state index in [0.717, 1.165) is 44.0 Å². The van der Waals surface area contributed by atoms with E-state index in [2.05, 4.69) is 10.2 Å². The summed E-state index contributed by atoms with van der Waals surface area (Å²) in [5, 5.41) is 3.06. The van der Waals surface area contributed by atoms with Gasteiger partial charge in [-0.25, -0.2) is 0 Å². The Bertz CT molecular complexity index is 819. The molecule has 3 heterocycles. The molecule has 0 radical (unpaired) electrons. The van der Waals surface area contributed by atoms with Gasteiger partial charge in [0.2, 0.25) is 6.79 Å². The molecule has 1 saturated heterocycles. The maximum atomic E-state index is 12.5. The summed E-state index contributed by atoms with van der Waals surface area (Å²) >= 11 is 0. The van der Waals surface area contributed by atoms with E-state index in [9.17, 15) is 4.79 Å². The van der Waals surface area contributed by atoms with Crippen LogP contribution in [0.2, 0.25) is 0 Å². The second-order valence-electron chi connectivity index (χ2n) is 7.32. The normalized spacial score (nSPS) is 19.0. The lowest BCUT2D eigenvalue weighted by Gasteiger charge is -2.32. The molecule has 1 aromatic heterocycles. The molecule has 4 rings (SSSR count). The molecule has 1 fully saturated rings. The summed E-state index contributed by atoms with van der Waals surface area (Å²) in [7, 11) is 1.66. The molecular weight excluding hydrogens is 360 g/mol. The van der Waals surface area contributed by atoms with Gasteiger partial charge in [-0.15, -0.1) is 0 Å². The quantitative estimate of drug-likeness (QED) is 0.789. The molecule has 2 aliphatic heterocycles. The number of amides is 1. The third-order valence-corrected chi connectivity index (χ3v) is 5.17. The SMILES string of the molecule is COCc1ccc(CN2CCC[C@@H](CNC(=O)c3ccc4c(c3)OCO4)C2)o1. The Labute approximate surface area is 164 Å². The molecule has 7 nitrogen and oxygen atoms in total. The first-order chi connectivity index (χ1) is 13.7. The van der Waals surface area contributed by atoms with Crippen molar-refractivity contribution in [3.05, 3.63) is 47.4 Å². The van der Waals surface area contributed by atoms with E-state index in [1.165, 1.54) is 0 Å². The number of hydrogen-bond donors (Lipinski definition) is 1. The van der Waals surface area contributed by atoms with Crippen molar-refractivity contribution >= 4 is 5.91 Å². The van der Waals surface area contributed by atoms with Crippen LogP contribution in [0.25, 0.3) is 0 Å². The number of methoxy groups -OCH3 is 1. The Morgan fingerprint density at radius 3 is 2.96 bits per heavy atom. The number of nitrogens with zero attached hydrogens (tertiary/aromatic N) is 1. The van der Waals surface area contributed by atoms with E-state index in [1.807, 2.05) is 12.1 Å². The van der Waals surface area contributed by atoms with Crippen LogP contribution in [-0.2, 0) is 17.9 Å². The standard InChI is InChI=1S/C21H26N2O5/c1-25-13-18-6-5-17(28-18)12-23-8-2-3-15(11-23)10-22-21(24)16-4-7-19-20(9-16)27-14-26-19/h4-7,9,15H,2-3,8,10-14H2,1H3,(H,22,24)/t15-/m0/s1. The van der Waals surface area contributed by atoms with Gasteiger partial charge in [-0.2, -0.15) is 0 Å². The highest BCUT2D eigenvalue weighted by atomic mass is 16.7. The highest BCUT2D eigenvalue weighted by Gasteiger charge is 2.22. The van der Waals surface area contributed by atoms with Crippen LogP contribution >= 0.6 is 0 Å². The lowest BCUT2D eigenvalue weighted by Crippen LogP contribution is -2.40. The molecule has 28 heavy (non-hydrogen) atoms. The number of ether oxygens (including phenoxy) is 3. The van der Waals surface area contributed by atoms with Gasteiger partial charge >= 0.3 is 0 Å². The van der Waals surface area contributed by atoms with Gasteiger partial charge < -0.3 is 23.9 Å². The Balaban J connectivity index is 1.27. The van der Waals surface area contributed by atoms with Gasteiger partial charge in [-0.1, -0.05) is 0 Å². The predicted molar refractivity (Wildman–Crippen MR) is 102 cm³/mol. The molecule has 0 bridgehead atoms. The summed E-state index contributed by atoms with van der Waals surface area (Å²) in [5.41, 5.74) is 0.596. The first kappa shape index (κ1) is 18.8. The average molecular weight is 386 g/mol. The van der Waals surface area contributed by atoms with Crippen molar-refractivity contribution in [2.45, 2.75) is 26.0 Å². The van der Waals surface area contributed by atoms with E-state index in [4.69, 9.17) is 18.6 Å². The summed E-state index contributed by atoms with van der Waals surface area (Å²) in [4.78, 5) is 14.9.